The summed E-state index contributed by atoms with van der Waals surface area (Å²) in [6, 6.07) is 6.93. The number of hydrogen-bond donors (Lipinski definition) is 1. The summed E-state index contributed by atoms with van der Waals surface area (Å²) in [5.41, 5.74) is 1.11. The van der Waals surface area contributed by atoms with Gasteiger partial charge >= 0.3 is 0 Å². The van der Waals surface area contributed by atoms with E-state index in [9.17, 15) is 4.39 Å². The molecule has 1 unspecified atom stereocenters. The first-order valence-electron chi connectivity index (χ1n) is 7.59. The minimum Gasteiger partial charge on any atom is -0.334 e. The molecule has 0 saturated carbocycles. The van der Waals surface area contributed by atoms with Crippen LogP contribution in [0.1, 0.15) is 44.6 Å². The van der Waals surface area contributed by atoms with Gasteiger partial charge in [-0.1, -0.05) is 32.9 Å². The maximum Gasteiger partial charge on any atom is 0.123 e. The van der Waals surface area contributed by atoms with E-state index < -0.39 is 0 Å². The average Bonchev–Trinajstić information content (AvgIpc) is 2.88. The van der Waals surface area contributed by atoms with Gasteiger partial charge in [0, 0.05) is 25.0 Å². The van der Waals surface area contributed by atoms with E-state index in [0.29, 0.717) is 5.92 Å². The van der Waals surface area contributed by atoms with Crippen molar-refractivity contribution < 1.29 is 4.39 Å². The van der Waals surface area contributed by atoms with Crippen molar-refractivity contribution in [2.75, 3.05) is 0 Å². The number of rotatable bonds is 7. The Hall–Kier alpha value is -1.68. The molecule has 0 spiro atoms. The number of nitrogens with one attached hydrogen (secondary N) is 1. The van der Waals surface area contributed by atoms with Crippen molar-refractivity contribution in [2.45, 2.75) is 46.3 Å². The second-order valence-corrected chi connectivity index (χ2v) is 5.78. The molecule has 0 aliphatic rings. The first-order chi connectivity index (χ1) is 10.1. The maximum atomic E-state index is 13.0. The summed E-state index contributed by atoms with van der Waals surface area (Å²) in [6.07, 6.45) is 4.82. The second-order valence-electron chi connectivity index (χ2n) is 5.78. The van der Waals surface area contributed by atoms with E-state index in [-0.39, 0.29) is 11.9 Å². The van der Waals surface area contributed by atoms with Crippen LogP contribution in [0.3, 0.4) is 0 Å². The molecule has 0 saturated heterocycles. The third-order valence-corrected chi connectivity index (χ3v) is 3.55. The number of nitrogens with zero attached hydrogens (tertiary/aromatic N) is 2. The Balaban J connectivity index is 2.00. The van der Waals surface area contributed by atoms with Gasteiger partial charge in [0.05, 0.1) is 6.54 Å². The molecule has 1 heterocycles. The number of hydrogen-bond acceptors (Lipinski definition) is 2. The molecule has 2 aromatic rings. The Labute approximate surface area is 126 Å². The van der Waals surface area contributed by atoms with Crippen LogP contribution in [0.15, 0.2) is 36.7 Å². The lowest BCUT2D eigenvalue weighted by atomic mass is 10.0. The van der Waals surface area contributed by atoms with E-state index in [4.69, 9.17) is 0 Å². The Morgan fingerprint density at radius 1 is 1.24 bits per heavy atom. The van der Waals surface area contributed by atoms with Crippen LogP contribution < -0.4 is 5.32 Å². The van der Waals surface area contributed by atoms with Crippen LogP contribution in [0, 0.1) is 11.7 Å². The molecular weight excluding hydrogens is 265 g/mol. The Kier molecular flexibility index (Phi) is 5.51. The van der Waals surface area contributed by atoms with E-state index in [1.807, 2.05) is 24.5 Å². The third-order valence-electron chi connectivity index (χ3n) is 3.55. The van der Waals surface area contributed by atoms with Gasteiger partial charge in [-0.15, -0.1) is 0 Å². The molecule has 2 rings (SSSR count). The molecule has 21 heavy (non-hydrogen) atoms. The average molecular weight is 289 g/mol. The van der Waals surface area contributed by atoms with E-state index in [1.165, 1.54) is 12.1 Å². The van der Waals surface area contributed by atoms with Crippen LogP contribution in [0.5, 0.6) is 0 Å². The monoisotopic (exact) mass is 289 g/mol. The zero-order chi connectivity index (χ0) is 15.2. The van der Waals surface area contributed by atoms with Crippen LogP contribution in [0.4, 0.5) is 4.39 Å². The third kappa shape index (κ3) is 4.39. The summed E-state index contributed by atoms with van der Waals surface area (Å²) < 4.78 is 15.2. The second kappa shape index (κ2) is 7.36. The van der Waals surface area contributed by atoms with Crippen molar-refractivity contribution in [3.8, 4) is 0 Å². The zero-order valence-corrected chi connectivity index (χ0v) is 13.0. The molecule has 0 bridgehead atoms. The van der Waals surface area contributed by atoms with E-state index in [2.05, 4.69) is 35.6 Å². The molecule has 1 N–H and O–H groups in total. The quantitative estimate of drug-likeness (QED) is 0.837. The lowest BCUT2D eigenvalue weighted by Crippen LogP contribution is -2.23. The van der Waals surface area contributed by atoms with Crippen LogP contribution in [-0.2, 0) is 13.1 Å². The molecule has 0 aliphatic carbocycles. The molecule has 114 valence electrons. The van der Waals surface area contributed by atoms with Gasteiger partial charge < -0.3 is 9.88 Å². The van der Waals surface area contributed by atoms with Crippen LogP contribution in [0.25, 0.3) is 0 Å². The molecular formula is C17H24FN3. The fraction of sp³-hybridized carbons (Fsp3) is 0.471. The Morgan fingerprint density at radius 3 is 2.57 bits per heavy atom. The molecule has 0 radical (unpaired) electrons. The number of benzene rings is 1. The Morgan fingerprint density at radius 2 is 1.95 bits per heavy atom. The summed E-state index contributed by atoms with van der Waals surface area (Å²) in [6.45, 7) is 8.22. The SMILES string of the molecule is CCC(NCc1nccn1CC(C)C)c1ccc(F)cc1. The first kappa shape index (κ1) is 15.7. The summed E-state index contributed by atoms with van der Waals surface area (Å²) in [5, 5.41) is 3.52. The highest BCUT2D eigenvalue weighted by Crippen LogP contribution is 2.17. The van der Waals surface area contributed by atoms with Crippen molar-refractivity contribution in [1.29, 1.82) is 0 Å². The van der Waals surface area contributed by atoms with E-state index in [0.717, 1.165) is 30.9 Å². The fourth-order valence-electron chi connectivity index (χ4n) is 2.47. The van der Waals surface area contributed by atoms with Crippen LogP contribution in [0.2, 0.25) is 0 Å². The standard InChI is InChI=1S/C17H24FN3/c1-4-16(14-5-7-15(18)8-6-14)20-11-17-19-9-10-21(17)12-13(2)3/h5-10,13,16,20H,4,11-12H2,1-3H3. The molecule has 1 aromatic carbocycles. The predicted octanol–water partition coefficient (Wildman–Crippen LogP) is 3.92. The molecule has 0 aliphatic heterocycles. The highest BCUT2D eigenvalue weighted by molar-refractivity contribution is 5.19. The summed E-state index contributed by atoms with van der Waals surface area (Å²) in [7, 11) is 0. The largest absolute Gasteiger partial charge is 0.334 e. The van der Waals surface area contributed by atoms with Crippen molar-refractivity contribution in [2.24, 2.45) is 5.92 Å². The number of aromatic nitrogens is 2. The normalized spacial score (nSPS) is 12.8. The summed E-state index contributed by atoms with van der Waals surface area (Å²) >= 11 is 0. The fourth-order valence-corrected chi connectivity index (χ4v) is 2.47. The van der Waals surface area contributed by atoms with Crippen LogP contribution >= 0.6 is 0 Å². The molecule has 4 heteroatoms. The lowest BCUT2D eigenvalue weighted by Gasteiger charge is -2.18. The minimum absolute atomic E-state index is 0.193. The first-order valence-corrected chi connectivity index (χ1v) is 7.59. The maximum absolute atomic E-state index is 13.0. The summed E-state index contributed by atoms with van der Waals surface area (Å²) in [5.74, 6) is 1.45. The van der Waals surface area contributed by atoms with Gasteiger partial charge in [-0.05, 0) is 30.0 Å². The lowest BCUT2D eigenvalue weighted by molar-refractivity contribution is 0.466. The molecule has 3 nitrogen and oxygen atoms in total. The van der Waals surface area contributed by atoms with Crippen molar-refractivity contribution >= 4 is 0 Å². The van der Waals surface area contributed by atoms with Gasteiger partial charge in [0.25, 0.3) is 0 Å². The molecule has 0 amide bonds. The Bertz CT molecular complexity index is 545. The van der Waals surface area contributed by atoms with Crippen molar-refractivity contribution in [1.82, 2.24) is 14.9 Å². The zero-order valence-electron chi connectivity index (χ0n) is 13.0. The predicted molar refractivity (Wildman–Crippen MR) is 83.3 cm³/mol. The smallest absolute Gasteiger partial charge is 0.123 e. The molecule has 0 fully saturated rings. The molecule has 1 atom stereocenters. The summed E-state index contributed by atoms with van der Waals surface area (Å²) in [4.78, 5) is 4.42. The van der Waals surface area contributed by atoms with Crippen molar-refractivity contribution in [3.05, 3.63) is 53.9 Å². The highest BCUT2D eigenvalue weighted by atomic mass is 19.1. The highest BCUT2D eigenvalue weighted by Gasteiger charge is 2.11. The topological polar surface area (TPSA) is 29.9 Å². The number of imidazole rings is 1. The van der Waals surface area contributed by atoms with Gasteiger partial charge in [0.2, 0.25) is 0 Å². The van der Waals surface area contributed by atoms with E-state index in [1.54, 1.807) is 0 Å². The van der Waals surface area contributed by atoms with Gasteiger partial charge in [-0.3, -0.25) is 0 Å². The van der Waals surface area contributed by atoms with Gasteiger partial charge in [-0.2, -0.15) is 0 Å². The van der Waals surface area contributed by atoms with E-state index >= 15 is 0 Å². The van der Waals surface area contributed by atoms with Gasteiger partial charge in [0.1, 0.15) is 11.6 Å². The van der Waals surface area contributed by atoms with Crippen molar-refractivity contribution in [3.63, 3.8) is 0 Å². The van der Waals surface area contributed by atoms with Crippen LogP contribution in [-0.4, -0.2) is 9.55 Å². The molecule has 1 aromatic heterocycles. The van der Waals surface area contributed by atoms with Gasteiger partial charge in [0.15, 0.2) is 0 Å². The minimum atomic E-state index is -0.193. The number of halogens is 1. The van der Waals surface area contributed by atoms with Gasteiger partial charge in [-0.25, -0.2) is 9.37 Å².